The van der Waals surface area contributed by atoms with Crippen LogP contribution in [0.1, 0.15) is 55.8 Å². The van der Waals surface area contributed by atoms with Gasteiger partial charge in [-0.15, -0.1) is 0 Å². The molecule has 3 heterocycles. The Morgan fingerprint density at radius 1 is 1.18 bits per heavy atom. The third-order valence-corrected chi connectivity index (χ3v) is 7.37. The molecule has 3 aliphatic rings. The molecule has 0 spiro atoms. The van der Waals surface area contributed by atoms with Crippen LogP contribution in [-0.2, 0) is 9.53 Å². The number of carbonyl (C=O) groups is 3. The summed E-state index contributed by atoms with van der Waals surface area (Å²) in [6.45, 7) is 4.02. The van der Waals surface area contributed by atoms with Gasteiger partial charge in [0.05, 0.1) is 32.4 Å². The van der Waals surface area contributed by atoms with Crippen LogP contribution in [0.25, 0.3) is 0 Å². The molecule has 9 heteroatoms. The first-order valence-corrected chi connectivity index (χ1v) is 12.2. The van der Waals surface area contributed by atoms with E-state index < -0.39 is 5.54 Å². The maximum atomic E-state index is 13.6. The molecule has 3 saturated heterocycles. The van der Waals surface area contributed by atoms with E-state index in [1.165, 1.54) is 12.0 Å². The lowest BCUT2D eigenvalue weighted by atomic mass is 9.74. The summed E-state index contributed by atoms with van der Waals surface area (Å²) in [5.74, 6) is 0.627. The first-order valence-electron chi connectivity index (χ1n) is 12.2. The Morgan fingerprint density at radius 2 is 1.94 bits per heavy atom. The lowest BCUT2D eigenvalue weighted by Gasteiger charge is -2.41. The lowest BCUT2D eigenvalue weighted by molar-refractivity contribution is -0.135. The van der Waals surface area contributed by atoms with Crippen LogP contribution in [0, 0.1) is 5.92 Å². The summed E-state index contributed by atoms with van der Waals surface area (Å²) >= 11 is 0. The number of urea groups is 1. The van der Waals surface area contributed by atoms with Crippen LogP contribution in [0.15, 0.2) is 18.2 Å². The van der Waals surface area contributed by atoms with E-state index in [1.54, 1.807) is 30.2 Å². The van der Waals surface area contributed by atoms with Gasteiger partial charge in [0.2, 0.25) is 0 Å². The van der Waals surface area contributed by atoms with Gasteiger partial charge in [-0.1, -0.05) is 19.4 Å². The number of methoxy groups -OCH3 is 2. The summed E-state index contributed by atoms with van der Waals surface area (Å²) in [6.07, 6.45) is 4.38. The molecular weight excluding hydrogens is 438 g/mol. The first kappa shape index (κ1) is 24.3. The highest BCUT2D eigenvalue weighted by molar-refractivity contribution is 6.07. The van der Waals surface area contributed by atoms with Crippen molar-refractivity contribution in [3.05, 3.63) is 23.8 Å². The Morgan fingerprint density at radius 3 is 2.56 bits per heavy atom. The van der Waals surface area contributed by atoms with Gasteiger partial charge in [0.15, 0.2) is 11.5 Å². The molecule has 4 amide bonds. The lowest BCUT2D eigenvalue weighted by Crippen LogP contribution is -2.56. The van der Waals surface area contributed by atoms with Gasteiger partial charge in [-0.05, 0) is 50.2 Å². The van der Waals surface area contributed by atoms with Crippen molar-refractivity contribution in [3.63, 3.8) is 0 Å². The van der Waals surface area contributed by atoms with Crippen molar-refractivity contribution in [1.29, 1.82) is 0 Å². The maximum absolute atomic E-state index is 13.6. The van der Waals surface area contributed by atoms with Crippen LogP contribution in [0.5, 0.6) is 11.5 Å². The third-order valence-electron chi connectivity index (χ3n) is 7.37. The summed E-state index contributed by atoms with van der Waals surface area (Å²) in [4.78, 5) is 42.8. The molecule has 186 valence electrons. The quantitative estimate of drug-likeness (QED) is 0.583. The van der Waals surface area contributed by atoms with Crippen molar-refractivity contribution < 1.29 is 28.6 Å². The van der Waals surface area contributed by atoms with Gasteiger partial charge in [-0.2, -0.15) is 0 Å². The summed E-state index contributed by atoms with van der Waals surface area (Å²) < 4.78 is 16.4. The van der Waals surface area contributed by atoms with Crippen LogP contribution in [0.4, 0.5) is 4.79 Å². The van der Waals surface area contributed by atoms with Crippen LogP contribution in [0.2, 0.25) is 0 Å². The monoisotopic (exact) mass is 473 g/mol. The molecule has 1 aromatic rings. The molecule has 0 aliphatic carbocycles. The molecule has 0 radical (unpaired) electrons. The number of rotatable bonds is 8. The molecule has 0 unspecified atom stereocenters. The summed E-state index contributed by atoms with van der Waals surface area (Å²) in [6, 6.07) is 4.94. The normalized spacial score (nSPS) is 25.6. The Kier molecular flexibility index (Phi) is 7.30. The van der Waals surface area contributed by atoms with E-state index >= 15 is 0 Å². The number of likely N-dealkylation sites (tertiary alicyclic amines) is 1. The highest BCUT2D eigenvalue weighted by atomic mass is 16.5. The number of carbonyl (C=O) groups excluding carboxylic acids is 3. The largest absolute Gasteiger partial charge is 0.493 e. The summed E-state index contributed by atoms with van der Waals surface area (Å²) in [5, 5.41) is 3.06. The number of hydrogen-bond acceptors (Lipinski definition) is 6. The molecule has 0 saturated carbocycles. The first-order chi connectivity index (χ1) is 16.4. The molecule has 0 aromatic heterocycles. The van der Waals surface area contributed by atoms with E-state index in [2.05, 4.69) is 5.32 Å². The SMILES string of the molecule is CCC[C@]1(C2CCN(C(=O)c3cccc(OC)c3OC)CC2)NC(=O)N(C[C@@H]2CCCO2)C1=O. The smallest absolute Gasteiger partial charge is 0.325 e. The fourth-order valence-corrected chi connectivity index (χ4v) is 5.65. The molecule has 1 N–H and O–H groups in total. The maximum Gasteiger partial charge on any atom is 0.325 e. The third kappa shape index (κ3) is 4.33. The average molecular weight is 474 g/mol. The molecule has 2 atom stereocenters. The predicted octanol–water partition coefficient (Wildman–Crippen LogP) is 2.83. The van der Waals surface area contributed by atoms with Crippen molar-refractivity contribution >= 4 is 17.8 Å². The molecular formula is C25H35N3O6. The minimum absolute atomic E-state index is 0.0327. The number of para-hydroxylation sites is 1. The van der Waals surface area contributed by atoms with Crippen LogP contribution in [0.3, 0.4) is 0 Å². The van der Waals surface area contributed by atoms with E-state index in [9.17, 15) is 14.4 Å². The number of nitrogens with zero attached hydrogens (tertiary/aromatic N) is 2. The van der Waals surface area contributed by atoms with E-state index in [0.717, 1.165) is 19.3 Å². The zero-order chi connectivity index (χ0) is 24.3. The fraction of sp³-hybridized carbons (Fsp3) is 0.640. The number of hydrogen-bond donors (Lipinski definition) is 1. The standard InChI is InChI=1S/C25H35N3O6/c1-4-12-25(23(30)28(24(31)26-25)16-18-7-6-15-34-18)17-10-13-27(14-11-17)22(29)19-8-5-9-20(32-2)21(19)33-3/h5,8-9,17-18H,4,6-7,10-16H2,1-3H3,(H,26,31)/t18-,25+/m0/s1. The number of imide groups is 1. The van der Waals surface area contributed by atoms with Crippen molar-refractivity contribution in [2.24, 2.45) is 5.92 Å². The Hall–Kier alpha value is -2.81. The zero-order valence-electron chi connectivity index (χ0n) is 20.3. The Bertz CT molecular complexity index is 923. The summed E-state index contributed by atoms with van der Waals surface area (Å²) in [5.41, 5.74) is -0.454. The Balaban J connectivity index is 1.47. The fourth-order valence-electron chi connectivity index (χ4n) is 5.65. The number of amides is 4. The predicted molar refractivity (Wildman–Crippen MR) is 125 cm³/mol. The van der Waals surface area contributed by atoms with Gasteiger partial charge in [-0.3, -0.25) is 14.5 Å². The highest BCUT2D eigenvalue weighted by Gasteiger charge is 2.55. The molecule has 4 rings (SSSR count). The van der Waals surface area contributed by atoms with E-state index in [0.29, 0.717) is 62.6 Å². The van der Waals surface area contributed by atoms with Crippen LogP contribution < -0.4 is 14.8 Å². The second kappa shape index (κ2) is 10.2. The van der Waals surface area contributed by atoms with Gasteiger partial charge >= 0.3 is 6.03 Å². The number of nitrogens with one attached hydrogen (secondary N) is 1. The second-order valence-corrected chi connectivity index (χ2v) is 9.31. The van der Waals surface area contributed by atoms with Crippen LogP contribution in [-0.4, -0.2) is 79.7 Å². The average Bonchev–Trinajstić information content (AvgIpc) is 3.46. The molecule has 9 nitrogen and oxygen atoms in total. The van der Waals surface area contributed by atoms with E-state index in [1.807, 2.05) is 6.92 Å². The highest BCUT2D eigenvalue weighted by Crippen LogP contribution is 2.38. The molecule has 1 aromatic carbocycles. The van der Waals surface area contributed by atoms with Gasteiger partial charge in [0, 0.05) is 19.7 Å². The second-order valence-electron chi connectivity index (χ2n) is 9.31. The minimum atomic E-state index is -0.909. The van der Waals surface area contributed by atoms with Crippen molar-refractivity contribution in [2.45, 2.75) is 57.1 Å². The number of benzene rings is 1. The topological polar surface area (TPSA) is 97.4 Å². The van der Waals surface area contributed by atoms with Gasteiger partial charge in [0.25, 0.3) is 11.8 Å². The van der Waals surface area contributed by atoms with E-state index in [-0.39, 0.29) is 29.9 Å². The molecule has 34 heavy (non-hydrogen) atoms. The van der Waals surface area contributed by atoms with Gasteiger partial charge in [-0.25, -0.2) is 4.79 Å². The zero-order valence-corrected chi connectivity index (χ0v) is 20.3. The van der Waals surface area contributed by atoms with Crippen molar-refractivity contribution in [3.8, 4) is 11.5 Å². The van der Waals surface area contributed by atoms with Gasteiger partial charge < -0.3 is 24.4 Å². The van der Waals surface area contributed by atoms with E-state index in [4.69, 9.17) is 14.2 Å². The Labute approximate surface area is 200 Å². The number of ether oxygens (including phenoxy) is 3. The van der Waals surface area contributed by atoms with Crippen molar-refractivity contribution in [1.82, 2.24) is 15.1 Å². The molecule has 0 bridgehead atoms. The van der Waals surface area contributed by atoms with Crippen molar-refractivity contribution in [2.75, 3.05) is 40.5 Å². The number of piperidine rings is 1. The summed E-state index contributed by atoms with van der Waals surface area (Å²) in [7, 11) is 3.06. The van der Waals surface area contributed by atoms with Gasteiger partial charge in [0.1, 0.15) is 5.54 Å². The van der Waals surface area contributed by atoms with Crippen LogP contribution >= 0.6 is 0 Å². The molecule has 3 aliphatic heterocycles. The molecule has 3 fully saturated rings. The minimum Gasteiger partial charge on any atom is -0.493 e.